The molecule has 1 heterocycles. The Hall–Kier alpha value is -2.89. The lowest BCUT2D eigenvalue weighted by atomic mass is 9.84. The number of aromatic hydroxyl groups is 1. The minimum absolute atomic E-state index is 0.0425. The number of nitrogens with zero attached hydrogens (tertiary/aromatic N) is 1. The van der Waals surface area contributed by atoms with Gasteiger partial charge in [-0.3, -0.25) is 9.59 Å². The molecule has 1 aromatic carbocycles. The smallest absolute Gasteiger partial charge is 0.309 e. The Morgan fingerprint density at radius 1 is 1.13 bits per heavy atom. The van der Waals surface area contributed by atoms with Crippen LogP contribution in [0.3, 0.4) is 0 Å². The summed E-state index contributed by atoms with van der Waals surface area (Å²) < 4.78 is 10.7. The molecule has 0 bridgehead atoms. The van der Waals surface area contributed by atoms with Crippen LogP contribution in [-0.2, 0) is 9.53 Å². The molecule has 0 amide bonds. The summed E-state index contributed by atoms with van der Waals surface area (Å²) in [4.78, 5) is 29.1. The van der Waals surface area contributed by atoms with Crippen LogP contribution in [0.15, 0.2) is 36.5 Å². The highest BCUT2D eigenvalue weighted by atomic mass is 16.5. The number of methoxy groups -OCH3 is 1. The number of ketones is 1. The van der Waals surface area contributed by atoms with Gasteiger partial charge in [0, 0.05) is 24.6 Å². The molecule has 30 heavy (non-hydrogen) atoms. The summed E-state index contributed by atoms with van der Waals surface area (Å²) in [5, 5.41) is 10.1. The maximum Gasteiger partial charge on any atom is 0.309 e. The molecule has 0 saturated heterocycles. The SMILES string of the molecule is COc1ccnc(C(=O)C[C@@H](C)C(=O)O[C@@H](C)[C@H](c2cccc(C)c2)C(C)C)c1O. The van der Waals surface area contributed by atoms with E-state index in [0.717, 1.165) is 11.1 Å². The number of benzene rings is 1. The van der Waals surface area contributed by atoms with Gasteiger partial charge < -0.3 is 14.6 Å². The zero-order valence-corrected chi connectivity index (χ0v) is 18.5. The van der Waals surface area contributed by atoms with Gasteiger partial charge in [-0.15, -0.1) is 0 Å². The van der Waals surface area contributed by atoms with Crippen LogP contribution in [0.25, 0.3) is 0 Å². The van der Waals surface area contributed by atoms with E-state index in [4.69, 9.17) is 9.47 Å². The number of aromatic nitrogens is 1. The van der Waals surface area contributed by atoms with Gasteiger partial charge in [-0.25, -0.2) is 4.98 Å². The van der Waals surface area contributed by atoms with Crippen LogP contribution >= 0.6 is 0 Å². The van der Waals surface area contributed by atoms with Gasteiger partial charge in [0.25, 0.3) is 0 Å². The Bertz CT molecular complexity index is 893. The van der Waals surface area contributed by atoms with Gasteiger partial charge in [0.15, 0.2) is 23.0 Å². The maximum absolute atomic E-state index is 12.7. The minimum Gasteiger partial charge on any atom is -0.503 e. The Morgan fingerprint density at radius 2 is 1.83 bits per heavy atom. The van der Waals surface area contributed by atoms with Gasteiger partial charge in [0.1, 0.15) is 6.10 Å². The average Bonchev–Trinajstić information content (AvgIpc) is 2.67. The van der Waals surface area contributed by atoms with Crippen molar-refractivity contribution in [2.75, 3.05) is 7.11 Å². The Labute approximate surface area is 178 Å². The number of rotatable bonds is 9. The minimum atomic E-state index is -0.669. The van der Waals surface area contributed by atoms with Gasteiger partial charge in [0.05, 0.1) is 13.0 Å². The largest absolute Gasteiger partial charge is 0.503 e. The molecule has 0 unspecified atom stereocenters. The monoisotopic (exact) mass is 413 g/mol. The van der Waals surface area contributed by atoms with Crippen molar-refractivity contribution in [2.24, 2.45) is 11.8 Å². The summed E-state index contributed by atoms with van der Waals surface area (Å²) in [7, 11) is 1.39. The molecular weight excluding hydrogens is 382 g/mol. The van der Waals surface area contributed by atoms with Crippen molar-refractivity contribution in [3.05, 3.63) is 53.3 Å². The quantitative estimate of drug-likeness (QED) is 0.474. The van der Waals surface area contributed by atoms with Gasteiger partial charge in [-0.1, -0.05) is 50.6 Å². The van der Waals surface area contributed by atoms with E-state index in [1.54, 1.807) is 6.92 Å². The van der Waals surface area contributed by atoms with Gasteiger partial charge >= 0.3 is 5.97 Å². The first-order valence-corrected chi connectivity index (χ1v) is 10.2. The van der Waals surface area contributed by atoms with Crippen molar-refractivity contribution in [3.63, 3.8) is 0 Å². The summed E-state index contributed by atoms with van der Waals surface area (Å²) in [6.07, 6.45) is 0.919. The van der Waals surface area contributed by atoms with Crippen molar-refractivity contribution in [2.45, 2.75) is 53.1 Å². The van der Waals surface area contributed by atoms with Crippen LogP contribution in [-0.4, -0.2) is 35.1 Å². The summed E-state index contributed by atoms with van der Waals surface area (Å²) in [6.45, 7) is 9.76. The lowest BCUT2D eigenvalue weighted by molar-refractivity contribution is -0.154. The average molecular weight is 414 g/mol. The van der Waals surface area contributed by atoms with E-state index >= 15 is 0 Å². The first-order chi connectivity index (χ1) is 14.1. The standard InChI is InChI=1S/C24H31NO5/c1-14(2)21(18-9-7-8-15(3)12-18)17(5)30-24(28)16(4)13-19(26)22-23(27)20(29-6)10-11-25-22/h7-12,14,16-17,21,27H,13H2,1-6H3/t16-,17+,21-/m1/s1. The van der Waals surface area contributed by atoms with Crippen molar-refractivity contribution in [1.82, 2.24) is 4.98 Å². The molecule has 162 valence electrons. The normalized spacial score (nSPS) is 14.1. The number of ether oxygens (including phenoxy) is 2. The number of hydrogen-bond donors (Lipinski definition) is 1. The Kier molecular flexibility index (Phi) is 7.98. The molecule has 2 rings (SSSR count). The van der Waals surface area contributed by atoms with E-state index in [0.29, 0.717) is 0 Å². The molecule has 0 saturated carbocycles. The van der Waals surface area contributed by atoms with Crippen molar-refractivity contribution in [1.29, 1.82) is 0 Å². The van der Waals surface area contributed by atoms with Crippen molar-refractivity contribution in [3.8, 4) is 11.5 Å². The van der Waals surface area contributed by atoms with E-state index in [1.165, 1.54) is 19.4 Å². The van der Waals surface area contributed by atoms with Crippen LogP contribution < -0.4 is 4.74 Å². The predicted molar refractivity (Wildman–Crippen MR) is 115 cm³/mol. The van der Waals surface area contributed by atoms with Crippen LogP contribution in [0.2, 0.25) is 0 Å². The summed E-state index contributed by atoms with van der Waals surface area (Å²) in [5.41, 5.74) is 2.17. The lowest BCUT2D eigenvalue weighted by Gasteiger charge is -2.29. The second kappa shape index (κ2) is 10.2. The van der Waals surface area contributed by atoms with Crippen LogP contribution in [0.1, 0.15) is 61.6 Å². The number of carbonyl (C=O) groups is 2. The molecule has 0 radical (unpaired) electrons. The molecule has 0 aliphatic heterocycles. The zero-order valence-electron chi connectivity index (χ0n) is 18.5. The number of pyridine rings is 1. The fourth-order valence-corrected chi connectivity index (χ4v) is 3.71. The fourth-order valence-electron chi connectivity index (χ4n) is 3.71. The second-order valence-corrected chi connectivity index (χ2v) is 8.06. The molecule has 0 spiro atoms. The summed E-state index contributed by atoms with van der Waals surface area (Å²) in [6, 6.07) is 9.66. The molecule has 1 aromatic heterocycles. The highest BCUT2D eigenvalue weighted by Gasteiger charge is 2.29. The molecule has 6 nitrogen and oxygen atoms in total. The first-order valence-electron chi connectivity index (χ1n) is 10.2. The van der Waals surface area contributed by atoms with Crippen molar-refractivity contribution >= 4 is 11.8 Å². The van der Waals surface area contributed by atoms with Gasteiger partial charge in [0.2, 0.25) is 0 Å². The molecule has 0 fully saturated rings. The number of hydrogen-bond acceptors (Lipinski definition) is 6. The molecule has 0 aliphatic rings. The van der Waals surface area contributed by atoms with Crippen LogP contribution in [0.4, 0.5) is 0 Å². The Balaban J connectivity index is 2.08. The molecule has 3 atom stereocenters. The number of Topliss-reactive ketones (excluding diaryl/α,β-unsaturated/α-hetero) is 1. The fraction of sp³-hybridized carbons (Fsp3) is 0.458. The molecule has 2 aromatic rings. The van der Waals surface area contributed by atoms with Crippen molar-refractivity contribution < 1.29 is 24.2 Å². The lowest BCUT2D eigenvalue weighted by Crippen LogP contribution is -2.29. The molecule has 6 heteroatoms. The highest BCUT2D eigenvalue weighted by Crippen LogP contribution is 2.32. The predicted octanol–water partition coefficient (Wildman–Crippen LogP) is 4.68. The third kappa shape index (κ3) is 5.59. The van der Waals surface area contributed by atoms with Crippen LogP contribution in [0, 0.1) is 18.8 Å². The van der Waals surface area contributed by atoms with E-state index in [1.807, 2.05) is 32.0 Å². The first kappa shape index (κ1) is 23.4. The third-order valence-corrected chi connectivity index (χ3v) is 5.22. The zero-order chi connectivity index (χ0) is 22.4. The maximum atomic E-state index is 12.7. The molecule has 0 aliphatic carbocycles. The van der Waals surface area contributed by atoms with E-state index in [9.17, 15) is 14.7 Å². The third-order valence-electron chi connectivity index (χ3n) is 5.22. The van der Waals surface area contributed by atoms with E-state index < -0.39 is 17.7 Å². The summed E-state index contributed by atoms with van der Waals surface area (Å²) in [5.74, 6) is -1.41. The number of aryl methyl sites for hydroxylation is 1. The molecular formula is C24H31NO5. The van der Waals surface area contributed by atoms with E-state index in [2.05, 4.69) is 24.9 Å². The second-order valence-electron chi connectivity index (χ2n) is 8.06. The topological polar surface area (TPSA) is 85.7 Å². The van der Waals surface area contributed by atoms with Gasteiger partial charge in [-0.05, 0) is 25.3 Å². The summed E-state index contributed by atoms with van der Waals surface area (Å²) >= 11 is 0. The van der Waals surface area contributed by atoms with Crippen LogP contribution in [0.5, 0.6) is 11.5 Å². The number of carbonyl (C=O) groups excluding carboxylic acids is 2. The highest BCUT2D eigenvalue weighted by molar-refractivity contribution is 5.99. The van der Waals surface area contributed by atoms with E-state index in [-0.39, 0.29) is 41.6 Å². The Morgan fingerprint density at radius 3 is 2.43 bits per heavy atom. The van der Waals surface area contributed by atoms with Gasteiger partial charge in [-0.2, -0.15) is 0 Å². The molecule has 1 N–H and O–H groups in total. The number of esters is 1.